The van der Waals surface area contributed by atoms with E-state index in [1.165, 1.54) is 26.4 Å². The van der Waals surface area contributed by atoms with Crippen LogP contribution in [-0.4, -0.2) is 42.1 Å². The van der Waals surface area contributed by atoms with Crippen molar-refractivity contribution in [3.05, 3.63) is 53.1 Å². The van der Waals surface area contributed by atoms with Gasteiger partial charge in [0.1, 0.15) is 11.9 Å². The van der Waals surface area contributed by atoms with Crippen LogP contribution in [-0.2, 0) is 16.7 Å². The van der Waals surface area contributed by atoms with Crippen LogP contribution >= 0.6 is 11.8 Å². The van der Waals surface area contributed by atoms with Gasteiger partial charge in [-0.05, 0) is 23.6 Å². The lowest BCUT2D eigenvalue weighted by Gasteiger charge is -2.33. The zero-order valence-corrected chi connectivity index (χ0v) is 19.3. The van der Waals surface area contributed by atoms with E-state index in [0.29, 0.717) is 33.8 Å². The number of halogens is 3. The summed E-state index contributed by atoms with van der Waals surface area (Å²) in [5.74, 6) is 0.951. The fourth-order valence-electron chi connectivity index (χ4n) is 3.91. The largest absolute Gasteiger partial charge is 0.493 e. The second-order valence-corrected chi connectivity index (χ2v) is 8.84. The van der Waals surface area contributed by atoms with Crippen LogP contribution in [0.25, 0.3) is 0 Å². The highest BCUT2D eigenvalue weighted by Gasteiger charge is 2.44. The maximum absolute atomic E-state index is 13.5. The number of carbonyl (C=O) groups excluding carboxylic acids is 1. The van der Waals surface area contributed by atoms with Crippen molar-refractivity contribution in [1.82, 2.24) is 4.90 Å². The van der Waals surface area contributed by atoms with Crippen molar-refractivity contribution in [1.29, 1.82) is 0 Å². The summed E-state index contributed by atoms with van der Waals surface area (Å²) in [6.45, 7) is 3.79. The van der Waals surface area contributed by atoms with E-state index < -0.39 is 17.8 Å². The third kappa shape index (κ3) is 4.19. The van der Waals surface area contributed by atoms with Crippen LogP contribution in [0.15, 0.2) is 46.4 Å². The van der Waals surface area contributed by atoms with Crippen molar-refractivity contribution < 1.29 is 27.4 Å². The third-order valence-electron chi connectivity index (χ3n) is 5.45. The highest BCUT2D eigenvalue weighted by molar-refractivity contribution is 8.13. The van der Waals surface area contributed by atoms with Gasteiger partial charge in [0.25, 0.3) is 5.91 Å². The zero-order valence-electron chi connectivity index (χ0n) is 18.4. The molecule has 2 aromatic rings. The Balaban J connectivity index is 1.78. The lowest BCUT2D eigenvalue weighted by molar-refractivity contribution is -0.138. The molecule has 0 aromatic heterocycles. The Labute approximate surface area is 193 Å². The average Bonchev–Trinajstić information content (AvgIpc) is 3.13. The molecule has 0 saturated carbocycles. The molecule has 10 heteroatoms. The third-order valence-corrected chi connectivity index (χ3v) is 6.45. The number of amides is 1. The molecule has 33 heavy (non-hydrogen) atoms. The predicted molar refractivity (Wildman–Crippen MR) is 121 cm³/mol. The van der Waals surface area contributed by atoms with E-state index in [2.05, 4.69) is 4.99 Å². The first-order chi connectivity index (χ1) is 15.7. The second-order valence-electron chi connectivity index (χ2n) is 7.89. The summed E-state index contributed by atoms with van der Waals surface area (Å²) in [7, 11) is 3.00. The van der Waals surface area contributed by atoms with Crippen LogP contribution in [0.5, 0.6) is 11.5 Å². The summed E-state index contributed by atoms with van der Waals surface area (Å²) in [6.07, 6.45) is -4.46. The van der Waals surface area contributed by atoms with E-state index in [4.69, 9.17) is 14.5 Å². The van der Waals surface area contributed by atoms with E-state index in [9.17, 15) is 18.0 Å². The SMILES string of the molecule is COc1cc2c(cc1OC)C1=NC(=O)C(C(C)C)N1C(SCc1ccccc1C(F)(F)F)=N2. The number of hydrogen-bond acceptors (Lipinski definition) is 6. The number of benzene rings is 2. The molecule has 1 amide bonds. The van der Waals surface area contributed by atoms with Crippen LogP contribution in [0.1, 0.15) is 30.5 Å². The van der Waals surface area contributed by atoms with Gasteiger partial charge >= 0.3 is 6.18 Å². The highest BCUT2D eigenvalue weighted by atomic mass is 32.2. The Bertz CT molecular complexity index is 1160. The molecule has 2 aromatic carbocycles. The monoisotopic (exact) mass is 477 g/mol. The molecule has 2 aliphatic heterocycles. The van der Waals surface area contributed by atoms with Crippen molar-refractivity contribution in [3.8, 4) is 11.5 Å². The van der Waals surface area contributed by atoms with Crippen molar-refractivity contribution >= 4 is 34.4 Å². The summed E-state index contributed by atoms with van der Waals surface area (Å²) in [5, 5.41) is 0.412. The Morgan fingerprint density at radius 1 is 1.09 bits per heavy atom. The van der Waals surface area contributed by atoms with Crippen molar-refractivity contribution in [2.24, 2.45) is 15.9 Å². The minimum atomic E-state index is -4.46. The number of nitrogens with zero attached hydrogens (tertiary/aromatic N) is 3. The van der Waals surface area contributed by atoms with Gasteiger partial charge in [-0.3, -0.25) is 9.69 Å². The van der Waals surface area contributed by atoms with E-state index in [0.717, 1.165) is 17.8 Å². The van der Waals surface area contributed by atoms with Gasteiger partial charge in [0.05, 0.1) is 25.5 Å². The van der Waals surface area contributed by atoms with Crippen molar-refractivity contribution in [2.75, 3.05) is 14.2 Å². The summed E-state index contributed by atoms with van der Waals surface area (Å²) in [5.41, 5.74) is 0.559. The molecule has 0 N–H and O–H groups in total. The molecule has 0 bridgehead atoms. The second kappa shape index (κ2) is 8.74. The number of rotatable bonds is 5. The molecule has 0 saturated heterocycles. The van der Waals surface area contributed by atoms with Crippen LogP contribution in [0.4, 0.5) is 18.9 Å². The summed E-state index contributed by atoms with van der Waals surface area (Å²) >= 11 is 1.14. The predicted octanol–water partition coefficient (Wildman–Crippen LogP) is 5.27. The molecule has 1 unspecified atom stereocenters. The highest BCUT2D eigenvalue weighted by Crippen LogP contribution is 2.42. The Morgan fingerprint density at radius 3 is 2.39 bits per heavy atom. The van der Waals surface area contributed by atoms with Crippen LogP contribution in [0.2, 0.25) is 0 Å². The van der Waals surface area contributed by atoms with Gasteiger partial charge in [0.2, 0.25) is 0 Å². The van der Waals surface area contributed by atoms with Gasteiger partial charge in [-0.25, -0.2) is 4.99 Å². The van der Waals surface area contributed by atoms with Gasteiger partial charge in [-0.2, -0.15) is 18.2 Å². The van der Waals surface area contributed by atoms with Gasteiger partial charge in [-0.15, -0.1) is 0 Å². The molecular weight excluding hydrogens is 455 g/mol. The number of fused-ring (bicyclic) bond motifs is 3. The van der Waals surface area contributed by atoms with Crippen LogP contribution in [0, 0.1) is 5.92 Å². The molecule has 4 rings (SSSR count). The number of ether oxygens (including phenoxy) is 2. The molecular formula is C23H22F3N3O3S. The Hall–Kier alpha value is -3.01. The molecule has 0 aliphatic carbocycles. The van der Waals surface area contributed by atoms with Crippen LogP contribution < -0.4 is 9.47 Å². The van der Waals surface area contributed by atoms with E-state index in [1.54, 1.807) is 23.1 Å². The molecule has 2 aliphatic rings. The first-order valence-electron chi connectivity index (χ1n) is 10.2. The fourth-order valence-corrected chi connectivity index (χ4v) is 4.95. The van der Waals surface area contributed by atoms with Gasteiger partial charge in [-0.1, -0.05) is 43.8 Å². The van der Waals surface area contributed by atoms with E-state index in [-0.39, 0.29) is 23.1 Å². The molecule has 0 spiro atoms. The smallest absolute Gasteiger partial charge is 0.416 e. The lowest BCUT2D eigenvalue weighted by Crippen LogP contribution is -2.46. The zero-order chi connectivity index (χ0) is 23.9. The minimum absolute atomic E-state index is 0.0277. The van der Waals surface area contributed by atoms with Gasteiger partial charge in [0, 0.05) is 17.4 Å². The Morgan fingerprint density at radius 2 is 1.76 bits per heavy atom. The van der Waals surface area contributed by atoms with Gasteiger partial charge < -0.3 is 9.47 Å². The summed E-state index contributed by atoms with van der Waals surface area (Å²) in [4.78, 5) is 23.5. The maximum atomic E-state index is 13.5. The molecule has 2 heterocycles. The molecule has 0 radical (unpaired) electrons. The number of amidine groups is 2. The lowest BCUT2D eigenvalue weighted by atomic mass is 10.0. The first-order valence-corrected chi connectivity index (χ1v) is 11.2. The summed E-state index contributed by atoms with van der Waals surface area (Å²) in [6, 6.07) is 8.24. The fraction of sp³-hybridized carbons (Fsp3) is 0.348. The molecule has 6 nitrogen and oxygen atoms in total. The number of aliphatic imine (C=N–C) groups is 2. The molecule has 1 atom stereocenters. The van der Waals surface area contributed by atoms with E-state index >= 15 is 0 Å². The number of alkyl halides is 3. The van der Waals surface area contributed by atoms with E-state index in [1.807, 2.05) is 13.8 Å². The number of hydrogen-bond donors (Lipinski definition) is 0. The molecule has 0 fully saturated rings. The quantitative estimate of drug-likeness (QED) is 0.587. The van der Waals surface area contributed by atoms with Crippen LogP contribution in [0.3, 0.4) is 0 Å². The first kappa shape index (κ1) is 23.2. The van der Waals surface area contributed by atoms with Crippen molar-refractivity contribution in [3.63, 3.8) is 0 Å². The topological polar surface area (TPSA) is 63.5 Å². The average molecular weight is 478 g/mol. The Kier molecular flexibility index (Phi) is 6.13. The molecule has 174 valence electrons. The minimum Gasteiger partial charge on any atom is -0.493 e. The number of methoxy groups -OCH3 is 2. The number of carbonyl (C=O) groups is 1. The van der Waals surface area contributed by atoms with Gasteiger partial charge in [0.15, 0.2) is 16.7 Å². The van der Waals surface area contributed by atoms with Crippen molar-refractivity contribution in [2.45, 2.75) is 31.8 Å². The summed E-state index contributed by atoms with van der Waals surface area (Å²) < 4.78 is 51.1. The normalized spacial score (nSPS) is 17.5. The number of thioether (sulfide) groups is 1. The maximum Gasteiger partial charge on any atom is 0.416 e. The standard InChI is InChI=1S/C23H22F3N3O3S/c1-12(2)19-21(30)28-20-14-9-17(31-3)18(32-4)10-16(14)27-22(29(19)20)33-11-13-7-5-6-8-15(13)23(24,25)26/h5-10,12,19H,11H2,1-4H3.